The van der Waals surface area contributed by atoms with Gasteiger partial charge in [0.2, 0.25) is 0 Å². The fourth-order valence-electron chi connectivity index (χ4n) is 2.97. The molecule has 0 amide bonds. The molecule has 0 bridgehead atoms. The molecule has 2 aromatic heterocycles. The van der Waals surface area contributed by atoms with Gasteiger partial charge in [0.05, 0.1) is 15.2 Å². The number of halogens is 3. The Bertz CT molecular complexity index is 1090. The highest BCUT2D eigenvalue weighted by molar-refractivity contribution is 7.18. The van der Waals surface area contributed by atoms with Crippen molar-refractivity contribution in [3.05, 3.63) is 77.3 Å². The third-order valence-corrected chi connectivity index (χ3v) is 5.27. The minimum absolute atomic E-state index is 0. The van der Waals surface area contributed by atoms with Crippen LogP contribution in [0.5, 0.6) is 5.75 Å². The summed E-state index contributed by atoms with van der Waals surface area (Å²) in [6, 6.07) is 14.5. The summed E-state index contributed by atoms with van der Waals surface area (Å²) in [5.41, 5.74) is 3.98. The molecule has 0 spiro atoms. The van der Waals surface area contributed by atoms with E-state index in [1.165, 1.54) is 16.8 Å². The van der Waals surface area contributed by atoms with Gasteiger partial charge < -0.3 is 10.1 Å². The smallest absolute Gasteiger partial charge is 0.123 e. The monoisotopic (exact) mass is 465 g/mol. The Kier molecular flexibility index (Phi) is 8.99. The second-order valence-corrected chi connectivity index (χ2v) is 7.71. The molecule has 1 N–H and O–H groups in total. The summed E-state index contributed by atoms with van der Waals surface area (Å²) in [6.07, 6.45) is 3.62. The number of benzene rings is 2. The summed E-state index contributed by atoms with van der Waals surface area (Å²) in [5, 5.41) is 4.42. The van der Waals surface area contributed by atoms with Crippen LogP contribution in [0.2, 0.25) is 0 Å². The van der Waals surface area contributed by atoms with Gasteiger partial charge in [0, 0.05) is 37.1 Å². The van der Waals surface area contributed by atoms with Gasteiger partial charge in [0.1, 0.15) is 18.2 Å². The van der Waals surface area contributed by atoms with Gasteiger partial charge in [0.15, 0.2) is 0 Å². The molecule has 0 fully saturated rings. The Hall–Kier alpha value is -2.25. The number of ether oxygens (including phenoxy) is 1. The first kappa shape index (κ1) is 24.0. The van der Waals surface area contributed by atoms with Crippen LogP contribution < -0.4 is 10.1 Å². The van der Waals surface area contributed by atoms with Crippen LogP contribution in [0.1, 0.15) is 10.6 Å². The van der Waals surface area contributed by atoms with Crippen molar-refractivity contribution in [2.24, 2.45) is 0 Å². The molecule has 2 heterocycles. The molecular formula is C22H22Cl2FN3OS. The molecule has 8 heteroatoms. The number of fused-ring (bicyclic) bond motifs is 1. The van der Waals surface area contributed by atoms with Crippen molar-refractivity contribution in [3.63, 3.8) is 0 Å². The molecule has 158 valence electrons. The molecule has 0 saturated carbocycles. The van der Waals surface area contributed by atoms with Gasteiger partial charge in [-0.05, 0) is 48.4 Å². The van der Waals surface area contributed by atoms with E-state index in [-0.39, 0.29) is 30.6 Å². The van der Waals surface area contributed by atoms with Crippen LogP contribution in [0.4, 0.5) is 4.39 Å². The number of rotatable bonds is 7. The molecular weight excluding hydrogens is 444 g/mol. The second-order valence-electron chi connectivity index (χ2n) is 6.48. The average Bonchev–Trinajstić information content (AvgIpc) is 3.08. The lowest BCUT2D eigenvalue weighted by Crippen LogP contribution is -2.20. The largest absolute Gasteiger partial charge is 0.492 e. The van der Waals surface area contributed by atoms with E-state index in [1.807, 2.05) is 25.3 Å². The number of hydrogen-bond donors (Lipinski definition) is 1. The van der Waals surface area contributed by atoms with Crippen LogP contribution >= 0.6 is 36.2 Å². The van der Waals surface area contributed by atoms with Gasteiger partial charge in [-0.3, -0.25) is 4.98 Å². The van der Waals surface area contributed by atoms with Crippen molar-refractivity contribution >= 4 is 46.4 Å². The highest BCUT2D eigenvalue weighted by Gasteiger charge is 2.03. The van der Waals surface area contributed by atoms with Crippen molar-refractivity contribution in [2.75, 3.05) is 13.2 Å². The molecule has 30 heavy (non-hydrogen) atoms. The van der Waals surface area contributed by atoms with Crippen molar-refractivity contribution in [1.82, 2.24) is 15.3 Å². The van der Waals surface area contributed by atoms with Crippen LogP contribution in [-0.2, 0) is 6.54 Å². The van der Waals surface area contributed by atoms with E-state index in [9.17, 15) is 4.39 Å². The normalized spacial score (nSPS) is 10.3. The minimum Gasteiger partial charge on any atom is -0.492 e. The number of thiazole rings is 1. The maximum Gasteiger partial charge on any atom is 0.123 e. The summed E-state index contributed by atoms with van der Waals surface area (Å²) in [4.78, 5) is 8.78. The van der Waals surface area contributed by atoms with Gasteiger partial charge in [-0.25, -0.2) is 9.37 Å². The molecule has 0 aliphatic carbocycles. The Balaban J connectivity index is 0.00000160. The fraction of sp³-hybridized carbons (Fsp3) is 0.182. The quantitative estimate of drug-likeness (QED) is 0.349. The lowest BCUT2D eigenvalue weighted by Gasteiger charge is -2.09. The molecule has 0 atom stereocenters. The van der Waals surface area contributed by atoms with Gasteiger partial charge in [-0.2, -0.15) is 0 Å². The zero-order valence-corrected chi connectivity index (χ0v) is 18.7. The highest BCUT2D eigenvalue weighted by atomic mass is 35.5. The Labute approximate surface area is 191 Å². The predicted octanol–water partition coefficient (Wildman–Crippen LogP) is 5.82. The molecule has 0 aliphatic heterocycles. The Morgan fingerprint density at radius 1 is 1.00 bits per heavy atom. The van der Waals surface area contributed by atoms with Gasteiger partial charge in [0.25, 0.3) is 0 Å². The Morgan fingerprint density at radius 2 is 1.80 bits per heavy atom. The zero-order chi connectivity index (χ0) is 19.3. The van der Waals surface area contributed by atoms with Crippen LogP contribution in [0, 0.1) is 12.7 Å². The van der Waals surface area contributed by atoms with Crippen LogP contribution in [0.15, 0.2) is 60.9 Å². The molecule has 4 aromatic rings. The van der Waals surface area contributed by atoms with Crippen molar-refractivity contribution in [2.45, 2.75) is 13.5 Å². The molecule has 0 radical (unpaired) electrons. The minimum atomic E-state index is -0.237. The number of aryl methyl sites for hydroxylation is 1. The first-order valence-electron chi connectivity index (χ1n) is 9.08. The fourth-order valence-corrected chi connectivity index (χ4v) is 3.78. The predicted molar refractivity (Wildman–Crippen MR) is 126 cm³/mol. The number of nitrogens with one attached hydrogen (secondary N) is 1. The third-order valence-electron chi connectivity index (χ3n) is 4.32. The summed E-state index contributed by atoms with van der Waals surface area (Å²) in [5.74, 6) is 0.596. The average molecular weight is 466 g/mol. The van der Waals surface area contributed by atoms with E-state index >= 15 is 0 Å². The summed E-state index contributed by atoms with van der Waals surface area (Å²) in [7, 11) is 0. The first-order valence-corrected chi connectivity index (χ1v) is 9.89. The summed E-state index contributed by atoms with van der Waals surface area (Å²) >= 11 is 1.69. The topological polar surface area (TPSA) is 47.0 Å². The summed E-state index contributed by atoms with van der Waals surface area (Å²) in [6.45, 7) is 3.99. The molecule has 4 nitrogen and oxygen atoms in total. The molecule has 4 rings (SSSR count). The number of pyridine rings is 1. The van der Waals surface area contributed by atoms with Crippen molar-refractivity contribution in [3.8, 4) is 16.9 Å². The van der Waals surface area contributed by atoms with E-state index in [4.69, 9.17) is 4.74 Å². The molecule has 0 saturated heterocycles. The van der Waals surface area contributed by atoms with Gasteiger partial charge in [-0.15, -0.1) is 36.2 Å². The van der Waals surface area contributed by atoms with Crippen LogP contribution in [0.25, 0.3) is 21.3 Å². The molecule has 2 aromatic carbocycles. The number of nitrogens with zero attached hydrogens (tertiary/aromatic N) is 2. The van der Waals surface area contributed by atoms with Crippen molar-refractivity contribution in [1.29, 1.82) is 0 Å². The standard InChI is InChI=1S/C22H20FN3OS.2ClH/c1-15-26-21-11-20(6-7-22(21)28-15)27-9-8-24-12-16-10-18(14-25-13-16)17-2-4-19(23)5-3-17;;/h2-7,10-11,13-14,24H,8-9,12H2,1H3;2*1H. The highest BCUT2D eigenvalue weighted by Crippen LogP contribution is 2.25. The second kappa shape index (κ2) is 11.2. The lowest BCUT2D eigenvalue weighted by atomic mass is 10.1. The van der Waals surface area contributed by atoms with Crippen LogP contribution in [-0.4, -0.2) is 23.1 Å². The van der Waals surface area contributed by atoms with E-state index in [0.29, 0.717) is 13.2 Å². The maximum atomic E-state index is 13.1. The van der Waals surface area contributed by atoms with Crippen molar-refractivity contribution < 1.29 is 9.13 Å². The number of hydrogen-bond acceptors (Lipinski definition) is 5. The molecule has 0 unspecified atom stereocenters. The first-order chi connectivity index (χ1) is 13.7. The van der Waals surface area contributed by atoms with Gasteiger partial charge in [-0.1, -0.05) is 12.1 Å². The van der Waals surface area contributed by atoms with E-state index in [1.54, 1.807) is 29.7 Å². The van der Waals surface area contributed by atoms with E-state index < -0.39 is 0 Å². The third kappa shape index (κ3) is 6.12. The van der Waals surface area contributed by atoms with Gasteiger partial charge >= 0.3 is 0 Å². The molecule has 0 aliphatic rings. The Morgan fingerprint density at radius 3 is 2.60 bits per heavy atom. The maximum absolute atomic E-state index is 13.1. The SMILES string of the molecule is Cc1nc2cc(OCCNCc3cncc(-c4ccc(F)cc4)c3)ccc2s1.Cl.Cl. The lowest BCUT2D eigenvalue weighted by molar-refractivity contribution is 0.314. The number of aromatic nitrogens is 2. The van der Waals surface area contributed by atoms with E-state index in [0.717, 1.165) is 39.5 Å². The summed E-state index contributed by atoms with van der Waals surface area (Å²) < 4.78 is 20.1. The zero-order valence-electron chi connectivity index (χ0n) is 16.3. The van der Waals surface area contributed by atoms with E-state index in [2.05, 4.69) is 27.4 Å². The van der Waals surface area contributed by atoms with Crippen LogP contribution in [0.3, 0.4) is 0 Å².